The third kappa shape index (κ3) is 2.98. The predicted molar refractivity (Wildman–Crippen MR) is 78.5 cm³/mol. The van der Waals surface area contributed by atoms with E-state index < -0.39 is 0 Å². The van der Waals surface area contributed by atoms with E-state index >= 15 is 0 Å². The van der Waals surface area contributed by atoms with Gasteiger partial charge in [0, 0.05) is 10.2 Å². The summed E-state index contributed by atoms with van der Waals surface area (Å²) in [4.78, 5) is 0. The lowest BCUT2D eigenvalue weighted by molar-refractivity contribution is 1.56. The van der Waals surface area contributed by atoms with Crippen LogP contribution in [-0.2, 0) is 0 Å². The molecule has 2 aromatic rings. The van der Waals surface area contributed by atoms with Crippen LogP contribution in [0.2, 0.25) is 0 Å². The summed E-state index contributed by atoms with van der Waals surface area (Å²) in [6.07, 6.45) is 2.14. The van der Waals surface area contributed by atoms with Gasteiger partial charge in [0.1, 0.15) is 0 Å². The molecule has 17 heavy (non-hydrogen) atoms. The van der Waals surface area contributed by atoms with Crippen LogP contribution in [0.4, 0.5) is 5.69 Å². The van der Waals surface area contributed by atoms with Crippen LogP contribution >= 0.6 is 15.9 Å². The van der Waals surface area contributed by atoms with E-state index in [9.17, 15) is 0 Å². The standard InChI is InChI=1S/C15H14BrN/c1-11(13-5-3-2-4-6-13)9-12-7-8-14(16)15(17)10-12/h2-10H,17H2,1H3/b11-9-. The first-order chi connectivity index (χ1) is 8.16. The minimum Gasteiger partial charge on any atom is -0.398 e. The highest BCUT2D eigenvalue weighted by atomic mass is 79.9. The van der Waals surface area contributed by atoms with E-state index in [0.717, 1.165) is 15.7 Å². The molecule has 0 heterocycles. The molecule has 86 valence electrons. The van der Waals surface area contributed by atoms with Crippen LogP contribution in [0.5, 0.6) is 0 Å². The van der Waals surface area contributed by atoms with Crippen LogP contribution in [0.3, 0.4) is 0 Å². The summed E-state index contributed by atoms with van der Waals surface area (Å²) < 4.78 is 0.937. The summed E-state index contributed by atoms with van der Waals surface area (Å²) in [7, 11) is 0. The van der Waals surface area contributed by atoms with E-state index in [4.69, 9.17) is 5.73 Å². The molecular formula is C15H14BrN. The monoisotopic (exact) mass is 287 g/mol. The average Bonchev–Trinajstić information content (AvgIpc) is 2.35. The number of benzene rings is 2. The maximum atomic E-state index is 5.86. The second kappa shape index (κ2) is 5.19. The lowest BCUT2D eigenvalue weighted by Gasteiger charge is -2.03. The molecule has 0 saturated heterocycles. The van der Waals surface area contributed by atoms with Crippen molar-refractivity contribution in [3.8, 4) is 0 Å². The molecule has 0 atom stereocenters. The van der Waals surface area contributed by atoms with Crippen LogP contribution in [0.25, 0.3) is 11.6 Å². The molecule has 1 nitrogen and oxygen atoms in total. The van der Waals surface area contributed by atoms with Crippen molar-refractivity contribution in [1.29, 1.82) is 0 Å². The molecule has 2 heteroatoms. The minimum absolute atomic E-state index is 0.764. The molecule has 0 unspecified atom stereocenters. The molecule has 2 rings (SSSR count). The zero-order chi connectivity index (χ0) is 12.3. The Labute approximate surface area is 110 Å². The number of allylic oxidation sites excluding steroid dienone is 1. The lowest BCUT2D eigenvalue weighted by atomic mass is 10.0. The number of nitrogens with two attached hydrogens (primary N) is 1. The normalized spacial score (nSPS) is 11.5. The minimum atomic E-state index is 0.764. The molecule has 0 fully saturated rings. The second-order valence-corrected chi connectivity index (χ2v) is 4.83. The summed E-state index contributed by atoms with van der Waals surface area (Å²) in [6.45, 7) is 2.10. The van der Waals surface area contributed by atoms with Crippen molar-refractivity contribution in [1.82, 2.24) is 0 Å². The Morgan fingerprint density at radius 3 is 2.47 bits per heavy atom. The molecule has 0 aliphatic carbocycles. The Hall–Kier alpha value is -1.54. The Morgan fingerprint density at radius 2 is 1.82 bits per heavy atom. The van der Waals surface area contributed by atoms with Gasteiger partial charge in [-0.2, -0.15) is 0 Å². The number of anilines is 1. The first-order valence-electron chi connectivity index (χ1n) is 5.45. The Morgan fingerprint density at radius 1 is 1.12 bits per heavy atom. The number of rotatable bonds is 2. The summed E-state index contributed by atoms with van der Waals surface area (Å²) in [6, 6.07) is 16.3. The van der Waals surface area contributed by atoms with Gasteiger partial charge in [0.05, 0.1) is 0 Å². The fourth-order valence-electron chi connectivity index (χ4n) is 1.69. The summed E-state index contributed by atoms with van der Waals surface area (Å²) >= 11 is 3.39. The molecular weight excluding hydrogens is 274 g/mol. The van der Waals surface area contributed by atoms with Crippen LogP contribution in [-0.4, -0.2) is 0 Å². The number of hydrogen-bond donors (Lipinski definition) is 1. The van der Waals surface area contributed by atoms with E-state index in [-0.39, 0.29) is 0 Å². The third-order valence-electron chi connectivity index (χ3n) is 2.63. The van der Waals surface area contributed by atoms with Gasteiger partial charge >= 0.3 is 0 Å². The van der Waals surface area contributed by atoms with Gasteiger partial charge in [-0.1, -0.05) is 42.5 Å². The van der Waals surface area contributed by atoms with Gasteiger partial charge in [0.2, 0.25) is 0 Å². The third-order valence-corrected chi connectivity index (χ3v) is 3.35. The fraction of sp³-hybridized carbons (Fsp3) is 0.0667. The first-order valence-corrected chi connectivity index (χ1v) is 6.25. The maximum absolute atomic E-state index is 5.86. The van der Waals surface area contributed by atoms with Gasteiger partial charge in [-0.3, -0.25) is 0 Å². The second-order valence-electron chi connectivity index (χ2n) is 3.97. The number of hydrogen-bond acceptors (Lipinski definition) is 1. The van der Waals surface area contributed by atoms with Gasteiger partial charge in [-0.25, -0.2) is 0 Å². The topological polar surface area (TPSA) is 26.0 Å². The van der Waals surface area contributed by atoms with Crippen molar-refractivity contribution in [3.63, 3.8) is 0 Å². The predicted octanol–water partition coefficient (Wildman–Crippen LogP) is 4.59. The molecule has 0 bridgehead atoms. The average molecular weight is 288 g/mol. The molecule has 0 radical (unpaired) electrons. The molecule has 0 aliphatic rings. The van der Waals surface area contributed by atoms with Crippen LogP contribution < -0.4 is 5.73 Å². The molecule has 0 spiro atoms. The fourth-order valence-corrected chi connectivity index (χ4v) is 1.93. The van der Waals surface area contributed by atoms with E-state index in [1.165, 1.54) is 11.1 Å². The summed E-state index contributed by atoms with van der Waals surface area (Å²) in [5.41, 5.74) is 10.2. The molecule has 0 amide bonds. The van der Waals surface area contributed by atoms with Gasteiger partial charge in [-0.15, -0.1) is 0 Å². The van der Waals surface area contributed by atoms with E-state index in [1.807, 2.05) is 36.4 Å². The van der Waals surface area contributed by atoms with Crippen LogP contribution in [0.1, 0.15) is 18.1 Å². The van der Waals surface area contributed by atoms with Crippen molar-refractivity contribution in [2.75, 3.05) is 5.73 Å². The van der Waals surface area contributed by atoms with Crippen molar-refractivity contribution < 1.29 is 0 Å². The molecule has 2 aromatic carbocycles. The smallest absolute Gasteiger partial charge is 0.0464 e. The maximum Gasteiger partial charge on any atom is 0.0464 e. The summed E-state index contributed by atoms with van der Waals surface area (Å²) in [5.74, 6) is 0. The molecule has 2 N–H and O–H groups in total. The van der Waals surface area contributed by atoms with E-state index in [2.05, 4.69) is 41.1 Å². The van der Waals surface area contributed by atoms with Crippen molar-refractivity contribution in [2.45, 2.75) is 6.92 Å². The zero-order valence-electron chi connectivity index (χ0n) is 9.65. The van der Waals surface area contributed by atoms with Crippen molar-refractivity contribution in [2.24, 2.45) is 0 Å². The largest absolute Gasteiger partial charge is 0.398 e. The van der Waals surface area contributed by atoms with Crippen molar-refractivity contribution in [3.05, 3.63) is 64.1 Å². The highest BCUT2D eigenvalue weighted by Gasteiger charge is 1.98. The van der Waals surface area contributed by atoms with Gasteiger partial charge in [0.25, 0.3) is 0 Å². The highest BCUT2D eigenvalue weighted by molar-refractivity contribution is 9.10. The zero-order valence-corrected chi connectivity index (χ0v) is 11.2. The number of nitrogen functional groups attached to an aromatic ring is 1. The van der Waals surface area contributed by atoms with Gasteiger partial charge < -0.3 is 5.73 Å². The lowest BCUT2D eigenvalue weighted by Crippen LogP contribution is -1.87. The Balaban J connectivity index is 2.33. The number of halogens is 1. The van der Waals surface area contributed by atoms with Crippen LogP contribution in [0, 0.1) is 0 Å². The van der Waals surface area contributed by atoms with E-state index in [1.54, 1.807) is 0 Å². The first kappa shape index (κ1) is 11.9. The van der Waals surface area contributed by atoms with Crippen molar-refractivity contribution >= 4 is 33.3 Å². The molecule has 0 aliphatic heterocycles. The van der Waals surface area contributed by atoms with Gasteiger partial charge in [-0.05, 0) is 51.7 Å². The molecule has 0 saturated carbocycles. The highest BCUT2D eigenvalue weighted by Crippen LogP contribution is 2.23. The van der Waals surface area contributed by atoms with Crippen LogP contribution in [0.15, 0.2) is 53.0 Å². The van der Waals surface area contributed by atoms with E-state index in [0.29, 0.717) is 0 Å². The SMILES string of the molecule is C/C(=C/c1ccc(Br)c(N)c1)c1ccccc1. The van der Waals surface area contributed by atoms with Gasteiger partial charge in [0.15, 0.2) is 0 Å². The Kier molecular flexibility index (Phi) is 3.64. The summed E-state index contributed by atoms with van der Waals surface area (Å²) in [5, 5.41) is 0. The molecule has 0 aromatic heterocycles. The quantitative estimate of drug-likeness (QED) is 0.634. The Bertz CT molecular complexity index is 544.